The maximum absolute atomic E-state index is 9.19. The van der Waals surface area contributed by atoms with Crippen LogP contribution in [0.3, 0.4) is 0 Å². The van der Waals surface area contributed by atoms with Crippen molar-refractivity contribution in [2.75, 3.05) is 7.05 Å². The largest absolute Gasteiger partial charge is 0.315 e. The van der Waals surface area contributed by atoms with Gasteiger partial charge in [0.2, 0.25) is 0 Å². The number of rotatable bonds is 3. The van der Waals surface area contributed by atoms with Gasteiger partial charge in [0, 0.05) is 19.2 Å². The van der Waals surface area contributed by atoms with Crippen molar-refractivity contribution in [1.29, 1.82) is 10.5 Å². The lowest BCUT2D eigenvalue weighted by atomic mass is 10.2. The van der Waals surface area contributed by atoms with Crippen LogP contribution in [0.25, 0.3) is 5.82 Å². The molecular weight excluding hydrogens is 242 g/mol. The van der Waals surface area contributed by atoms with E-state index in [4.69, 9.17) is 5.26 Å². The van der Waals surface area contributed by atoms with Crippen LogP contribution in [0, 0.1) is 29.6 Å². The third-order valence-electron chi connectivity index (χ3n) is 2.87. The molecule has 0 spiro atoms. The molecule has 0 aromatic carbocycles. The van der Waals surface area contributed by atoms with E-state index in [1.165, 1.54) is 6.33 Å². The SMILES string of the molecule is CNCc1c(C)nn(C)c1-n1cnc(C#N)c1C#N. The van der Waals surface area contributed by atoms with Crippen molar-refractivity contribution in [2.24, 2.45) is 7.05 Å². The number of aryl methyl sites for hydroxylation is 2. The summed E-state index contributed by atoms with van der Waals surface area (Å²) in [6, 6.07) is 3.93. The second kappa shape index (κ2) is 4.92. The Morgan fingerprint density at radius 2 is 2.11 bits per heavy atom. The summed E-state index contributed by atoms with van der Waals surface area (Å²) in [5, 5.41) is 25.6. The molecule has 2 rings (SSSR count). The molecule has 0 saturated carbocycles. The van der Waals surface area contributed by atoms with Crippen LogP contribution in [0.5, 0.6) is 0 Å². The van der Waals surface area contributed by atoms with Gasteiger partial charge in [-0.15, -0.1) is 0 Å². The zero-order valence-electron chi connectivity index (χ0n) is 11.0. The maximum Gasteiger partial charge on any atom is 0.177 e. The molecule has 0 aliphatic heterocycles. The van der Waals surface area contributed by atoms with E-state index in [2.05, 4.69) is 15.4 Å². The zero-order chi connectivity index (χ0) is 14.0. The molecule has 96 valence electrons. The summed E-state index contributed by atoms with van der Waals surface area (Å²) in [4.78, 5) is 3.95. The quantitative estimate of drug-likeness (QED) is 0.855. The fourth-order valence-corrected chi connectivity index (χ4v) is 2.07. The first-order chi connectivity index (χ1) is 9.13. The van der Waals surface area contributed by atoms with Gasteiger partial charge in [-0.25, -0.2) is 4.98 Å². The fraction of sp³-hybridized carbons (Fsp3) is 0.333. The van der Waals surface area contributed by atoms with E-state index in [0.29, 0.717) is 6.54 Å². The van der Waals surface area contributed by atoms with Gasteiger partial charge in [0.1, 0.15) is 24.3 Å². The molecule has 0 atom stereocenters. The lowest BCUT2D eigenvalue weighted by molar-refractivity contribution is 0.715. The van der Waals surface area contributed by atoms with Crippen molar-refractivity contribution in [2.45, 2.75) is 13.5 Å². The predicted molar refractivity (Wildman–Crippen MR) is 67.3 cm³/mol. The van der Waals surface area contributed by atoms with Crippen LogP contribution < -0.4 is 5.32 Å². The molecule has 0 unspecified atom stereocenters. The first-order valence-electron chi connectivity index (χ1n) is 5.69. The van der Waals surface area contributed by atoms with Gasteiger partial charge in [-0.2, -0.15) is 15.6 Å². The van der Waals surface area contributed by atoms with E-state index in [1.54, 1.807) is 16.3 Å². The molecule has 2 aromatic rings. The normalized spacial score (nSPS) is 10.2. The summed E-state index contributed by atoms with van der Waals surface area (Å²) in [6.45, 7) is 2.53. The summed E-state index contributed by atoms with van der Waals surface area (Å²) in [5.41, 5.74) is 2.20. The Balaban J connectivity index is 2.70. The standard InChI is InChI=1S/C12H13N7/c1-8-9(6-15-2)12(18(3)17-8)19-7-16-10(4-13)11(19)5-14/h7,15H,6H2,1-3H3. The Kier molecular flexibility index (Phi) is 3.32. The van der Waals surface area contributed by atoms with Gasteiger partial charge in [0.05, 0.1) is 5.69 Å². The van der Waals surface area contributed by atoms with Crippen molar-refractivity contribution in [3.63, 3.8) is 0 Å². The Labute approximate surface area is 110 Å². The van der Waals surface area contributed by atoms with Gasteiger partial charge in [-0.05, 0) is 14.0 Å². The van der Waals surface area contributed by atoms with E-state index >= 15 is 0 Å². The van der Waals surface area contributed by atoms with Crippen molar-refractivity contribution in [3.05, 3.63) is 29.0 Å². The summed E-state index contributed by atoms with van der Waals surface area (Å²) in [5.74, 6) is 0.748. The third-order valence-corrected chi connectivity index (χ3v) is 2.87. The maximum atomic E-state index is 9.19. The summed E-state index contributed by atoms with van der Waals surface area (Å²) in [7, 11) is 3.64. The molecule has 0 aliphatic rings. The average Bonchev–Trinajstić information content (AvgIpc) is 2.91. The molecular formula is C12H13N7. The molecule has 2 heterocycles. The molecule has 7 nitrogen and oxygen atoms in total. The number of aromatic nitrogens is 4. The minimum Gasteiger partial charge on any atom is -0.315 e. The second-order valence-corrected chi connectivity index (χ2v) is 4.08. The molecule has 19 heavy (non-hydrogen) atoms. The second-order valence-electron chi connectivity index (χ2n) is 4.08. The smallest absolute Gasteiger partial charge is 0.177 e. The third kappa shape index (κ3) is 1.96. The zero-order valence-corrected chi connectivity index (χ0v) is 11.0. The van der Waals surface area contributed by atoms with Gasteiger partial charge < -0.3 is 5.32 Å². The topological polar surface area (TPSA) is 95.2 Å². The monoisotopic (exact) mass is 255 g/mol. The van der Waals surface area contributed by atoms with E-state index in [-0.39, 0.29) is 11.4 Å². The minimum absolute atomic E-state index is 0.122. The van der Waals surface area contributed by atoms with Gasteiger partial charge in [0.25, 0.3) is 0 Å². The van der Waals surface area contributed by atoms with Gasteiger partial charge in [0.15, 0.2) is 11.4 Å². The molecule has 0 amide bonds. The molecule has 7 heteroatoms. The lowest BCUT2D eigenvalue weighted by Gasteiger charge is -2.08. The highest BCUT2D eigenvalue weighted by Gasteiger charge is 2.19. The summed E-state index contributed by atoms with van der Waals surface area (Å²) in [6.07, 6.45) is 1.48. The first kappa shape index (κ1) is 12.8. The Hall–Kier alpha value is -2.64. The molecule has 0 fully saturated rings. The highest BCUT2D eigenvalue weighted by atomic mass is 15.3. The highest BCUT2D eigenvalue weighted by Crippen LogP contribution is 2.20. The van der Waals surface area contributed by atoms with Gasteiger partial charge >= 0.3 is 0 Å². The molecule has 2 aromatic heterocycles. The van der Waals surface area contributed by atoms with Gasteiger partial charge in [-0.1, -0.05) is 0 Å². The van der Waals surface area contributed by atoms with E-state index in [0.717, 1.165) is 17.1 Å². The van der Waals surface area contributed by atoms with Crippen LogP contribution in [0.1, 0.15) is 22.6 Å². The van der Waals surface area contributed by atoms with E-state index in [9.17, 15) is 5.26 Å². The predicted octanol–water partition coefficient (Wildman–Crippen LogP) is 0.377. The average molecular weight is 255 g/mol. The van der Waals surface area contributed by atoms with Crippen molar-refractivity contribution in [3.8, 4) is 18.0 Å². The fourth-order valence-electron chi connectivity index (χ4n) is 2.07. The number of hydrogen-bond acceptors (Lipinski definition) is 5. The molecule has 0 bridgehead atoms. The number of nitrogens with zero attached hydrogens (tertiary/aromatic N) is 6. The minimum atomic E-state index is 0.122. The molecule has 1 N–H and O–H groups in total. The van der Waals surface area contributed by atoms with Crippen molar-refractivity contribution < 1.29 is 0 Å². The molecule has 0 aliphatic carbocycles. The van der Waals surface area contributed by atoms with Crippen LogP contribution in [-0.4, -0.2) is 26.4 Å². The van der Waals surface area contributed by atoms with Crippen LogP contribution in [0.4, 0.5) is 0 Å². The van der Waals surface area contributed by atoms with E-state index < -0.39 is 0 Å². The van der Waals surface area contributed by atoms with Crippen LogP contribution >= 0.6 is 0 Å². The van der Waals surface area contributed by atoms with Crippen LogP contribution in [-0.2, 0) is 13.6 Å². The highest BCUT2D eigenvalue weighted by molar-refractivity contribution is 5.46. The van der Waals surface area contributed by atoms with Crippen molar-refractivity contribution >= 4 is 0 Å². The lowest BCUT2D eigenvalue weighted by Crippen LogP contribution is -2.11. The molecule has 0 radical (unpaired) electrons. The molecule has 0 saturated heterocycles. The Morgan fingerprint density at radius 1 is 1.37 bits per heavy atom. The summed E-state index contributed by atoms with van der Waals surface area (Å²) >= 11 is 0. The first-order valence-corrected chi connectivity index (χ1v) is 5.69. The summed E-state index contributed by atoms with van der Waals surface area (Å²) < 4.78 is 3.29. The number of nitriles is 2. The Bertz CT molecular complexity index is 693. The van der Waals surface area contributed by atoms with Crippen LogP contribution in [0.2, 0.25) is 0 Å². The number of nitrogens with one attached hydrogen (secondary N) is 1. The van der Waals surface area contributed by atoms with Crippen molar-refractivity contribution in [1.82, 2.24) is 24.6 Å². The van der Waals surface area contributed by atoms with Gasteiger partial charge in [-0.3, -0.25) is 9.25 Å². The number of imidazole rings is 1. The Morgan fingerprint density at radius 3 is 2.68 bits per heavy atom. The van der Waals surface area contributed by atoms with E-state index in [1.807, 2.05) is 26.1 Å². The van der Waals surface area contributed by atoms with Crippen LogP contribution in [0.15, 0.2) is 6.33 Å². The number of hydrogen-bond donors (Lipinski definition) is 1.